The molecule has 6 rings (SSSR count). The van der Waals surface area contributed by atoms with Gasteiger partial charge in [0.1, 0.15) is 22.1 Å². The highest BCUT2D eigenvalue weighted by Gasteiger charge is 2.30. The molecule has 0 saturated carbocycles. The van der Waals surface area contributed by atoms with E-state index in [1.54, 1.807) is 42.1 Å². The maximum Gasteiger partial charge on any atom is 0.266 e. The largest absolute Gasteiger partial charge is 0.354 e. The summed E-state index contributed by atoms with van der Waals surface area (Å²) in [5, 5.41) is 3.81. The Balaban J connectivity index is 1.38. The molecular formula is C27H18FN3O2S2. The molecule has 2 heterocycles. The van der Waals surface area contributed by atoms with Crippen LogP contribution >= 0.6 is 11.8 Å². The third-order valence-electron chi connectivity index (χ3n) is 5.78. The van der Waals surface area contributed by atoms with E-state index in [4.69, 9.17) is 0 Å². The lowest BCUT2D eigenvalue weighted by atomic mass is 10.2. The van der Waals surface area contributed by atoms with E-state index in [1.165, 1.54) is 22.3 Å². The second kappa shape index (κ2) is 8.79. The fourth-order valence-electron chi connectivity index (χ4n) is 4.07. The fourth-order valence-corrected chi connectivity index (χ4v) is 6.34. The summed E-state index contributed by atoms with van der Waals surface area (Å²) in [5.74, 6) is 0.455. The van der Waals surface area contributed by atoms with Crippen LogP contribution in [-0.4, -0.2) is 13.8 Å². The summed E-state index contributed by atoms with van der Waals surface area (Å²) >= 11 is 1.65. The molecule has 4 aromatic carbocycles. The number of anilines is 2. The molecule has 1 atom stereocenters. The maximum absolute atomic E-state index is 13.5. The molecule has 0 amide bonds. The Hall–Kier alpha value is -3.75. The van der Waals surface area contributed by atoms with Crippen molar-refractivity contribution in [3.05, 3.63) is 113 Å². The van der Waals surface area contributed by atoms with Gasteiger partial charge in [-0.05, 0) is 60.2 Å². The number of nitrogens with one attached hydrogen (secondary N) is 1. The minimum Gasteiger partial charge on any atom is -0.354 e. The van der Waals surface area contributed by atoms with Crippen molar-refractivity contribution < 1.29 is 8.60 Å². The summed E-state index contributed by atoms with van der Waals surface area (Å²) in [4.78, 5) is 19.7. The van der Waals surface area contributed by atoms with Crippen LogP contribution in [0.2, 0.25) is 0 Å². The van der Waals surface area contributed by atoms with Gasteiger partial charge in [0.05, 0.1) is 21.7 Å². The van der Waals surface area contributed by atoms with Gasteiger partial charge in [0.25, 0.3) is 5.56 Å². The number of rotatable bonds is 5. The van der Waals surface area contributed by atoms with Crippen molar-refractivity contribution in [1.29, 1.82) is 0 Å². The summed E-state index contributed by atoms with van der Waals surface area (Å²) in [5.41, 5.74) is 3.19. The number of fused-ring (bicyclic) bond motifs is 4. The highest BCUT2D eigenvalue weighted by molar-refractivity contribution is 7.98. The SMILES string of the molecule is O=c1c2cccc(Nc3ccc(F)cc3)c2nc2n1-c1ccc(SCc3ccccc3)cc1S2=O. The molecule has 1 aliphatic rings. The zero-order chi connectivity index (χ0) is 23.9. The first-order valence-electron chi connectivity index (χ1n) is 10.9. The fraction of sp³-hybridized carbons (Fsp3) is 0.0370. The zero-order valence-electron chi connectivity index (χ0n) is 18.3. The number of hydrogen-bond donors (Lipinski definition) is 1. The van der Waals surface area contributed by atoms with E-state index in [-0.39, 0.29) is 16.5 Å². The van der Waals surface area contributed by atoms with E-state index < -0.39 is 10.8 Å². The molecule has 0 fully saturated rings. The number of halogens is 1. The van der Waals surface area contributed by atoms with Crippen molar-refractivity contribution in [1.82, 2.24) is 9.55 Å². The van der Waals surface area contributed by atoms with Crippen LogP contribution in [0.5, 0.6) is 0 Å². The Morgan fingerprint density at radius 2 is 1.74 bits per heavy atom. The van der Waals surface area contributed by atoms with Gasteiger partial charge in [-0.15, -0.1) is 11.8 Å². The molecule has 35 heavy (non-hydrogen) atoms. The van der Waals surface area contributed by atoms with E-state index in [1.807, 2.05) is 36.4 Å². The first kappa shape index (κ1) is 21.8. The van der Waals surface area contributed by atoms with Gasteiger partial charge < -0.3 is 5.32 Å². The molecule has 1 unspecified atom stereocenters. The monoisotopic (exact) mass is 499 g/mol. The van der Waals surface area contributed by atoms with E-state index in [0.29, 0.717) is 32.9 Å². The predicted molar refractivity (Wildman–Crippen MR) is 138 cm³/mol. The van der Waals surface area contributed by atoms with Gasteiger partial charge in [-0.1, -0.05) is 36.4 Å². The molecule has 0 spiro atoms. The normalized spacial score (nSPS) is 14.0. The van der Waals surface area contributed by atoms with Crippen LogP contribution < -0.4 is 10.9 Å². The van der Waals surface area contributed by atoms with Crippen LogP contribution in [0.15, 0.2) is 111 Å². The van der Waals surface area contributed by atoms with Crippen LogP contribution in [0.25, 0.3) is 16.6 Å². The average molecular weight is 500 g/mol. The van der Waals surface area contributed by atoms with Crippen LogP contribution in [-0.2, 0) is 16.6 Å². The topological polar surface area (TPSA) is 64.0 Å². The van der Waals surface area contributed by atoms with Gasteiger partial charge in [-0.3, -0.25) is 9.36 Å². The van der Waals surface area contributed by atoms with Crippen LogP contribution in [0.4, 0.5) is 15.8 Å². The highest BCUT2D eigenvalue weighted by atomic mass is 32.2. The first-order valence-corrected chi connectivity index (χ1v) is 13.0. The Morgan fingerprint density at radius 1 is 0.943 bits per heavy atom. The molecule has 0 aliphatic carbocycles. The average Bonchev–Trinajstić information content (AvgIpc) is 3.17. The smallest absolute Gasteiger partial charge is 0.266 e. The second-order valence-electron chi connectivity index (χ2n) is 8.04. The number of thioether (sulfide) groups is 1. The third kappa shape index (κ3) is 3.94. The van der Waals surface area contributed by atoms with E-state index in [0.717, 1.165) is 10.6 Å². The van der Waals surface area contributed by atoms with Gasteiger partial charge in [0.15, 0.2) is 0 Å². The van der Waals surface area contributed by atoms with Crippen molar-refractivity contribution in [2.24, 2.45) is 0 Å². The second-order valence-corrected chi connectivity index (χ2v) is 10.4. The molecule has 172 valence electrons. The minimum atomic E-state index is -1.59. The number of nitrogens with zero attached hydrogens (tertiary/aromatic N) is 2. The molecule has 8 heteroatoms. The summed E-state index contributed by atoms with van der Waals surface area (Å²) in [6.07, 6.45) is 0. The van der Waals surface area contributed by atoms with Crippen LogP contribution in [0.1, 0.15) is 5.56 Å². The number of aromatic nitrogens is 2. The van der Waals surface area contributed by atoms with Crippen molar-refractivity contribution in [2.45, 2.75) is 20.7 Å². The highest BCUT2D eigenvalue weighted by Crippen LogP contribution is 2.36. The maximum atomic E-state index is 13.5. The number of para-hydroxylation sites is 1. The van der Waals surface area contributed by atoms with E-state index in [2.05, 4.69) is 22.4 Å². The molecule has 1 aliphatic heterocycles. The lowest BCUT2D eigenvalue weighted by Crippen LogP contribution is -2.20. The molecule has 0 radical (unpaired) electrons. The third-order valence-corrected chi connectivity index (χ3v) is 8.17. The Morgan fingerprint density at radius 3 is 2.54 bits per heavy atom. The van der Waals surface area contributed by atoms with Gasteiger partial charge >= 0.3 is 0 Å². The molecular weight excluding hydrogens is 481 g/mol. The summed E-state index contributed by atoms with van der Waals surface area (Å²) < 4.78 is 28.2. The Labute approximate surface area is 207 Å². The standard InChI is InChI=1S/C27H18FN3O2S2/c28-18-9-11-19(12-10-18)29-22-8-4-7-21-25(22)30-27-31(26(21)32)23-14-13-20(15-24(23)35(27)33)34-16-17-5-2-1-3-6-17/h1-15,29H,16H2. The van der Waals surface area contributed by atoms with Gasteiger partial charge in [-0.2, -0.15) is 0 Å². The molecule has 0 saturated heterocycles. The summed E-state index contributed by atoms with van der Waals surface area (Å²) in [6, 6.07) is 27.0. The van der Waals surface area contributed by atoms with Crippen molar-refractivity contribution in [2.75, 3.05) is 5.32 Å². The Bertz CT molecular complexity index is 1670. The van der Waals surface area contributed by atoms with Gasteiger partial charge in [0, 0.05) is 16.3 Å². The van der Waals surface area contributed by atoms with Crippen molar-refractivity contribution >= 4 is 44.8 Å². The molecule has 5 nitrogen and oxygen atoms in total. The lowest BCUT2D eigenvalue weighted by molar-refractivity contribution is 0.628. The summed E-state index contributed by atoms with van der Waals surface area (Å²) in [6.45, 7) is 0. The predicted octanol–water partition coefficient (Wildman–Crippen LogP) is 6.04. The Kier molecular flexibility index (Phi) is 5.47. The number of hydrogen-bond acceptors (Lipinski definition) is 5. The molecule has 1 aromatic heterocycles. The molecule has 1 N–H and O–H groups in total. The van der Waals surface area contributed by atoms with Gasteiger partial charge in [-0.25, -0.2) is 13.6 Å². The lowest BCUT2D eigenvalue weighted by Gasteiger charge is -2.11. The van der Waals surface area contributed by atoms with Crippen molar-refractivity contribution in [3.8, 4) is 5.69 Å². The number of benzene rings is 4. The van der Waals surface area contributed by atoms with E-state index >= 15 is 0 Å². The van der Waals surface area contributed by atoms with E-state index in [9.17, 15) is 13.4 Å². The quantitative estimate of drug-likeness (QED) is 0.231. The van der Waals surface area contributed by atoms with Gasteiger partial charge in [0.2, 0.25) is 5.16 Å². The zero-order valence-corrected chi connectivity index (χ0v) is 19.9. The van der Waals surface area contributed by atoms with Crippen LogP contribution in [0, 0.1) is 5.82 Å². The van der Waals surface area contributed by atoms with Crippen molar-refractivity contribution in [3.63, 3.8) is 0 Å². The minimum absolute atomic E-state index is 0.205. The molecule has 5 aromatic rings. The summed E-state index contributed by atoms with van der Waals surface area (Å²) in [7, 11) is -1.59. The van der Waals surface area contributed by atoms with Crippen LogP contribution in [0.3, 0.4) is 0 Å². The molecule has 0 bridgehead atoms. The first-order chi connectivity index (χ1) is 17.1.